The molecule has 0 radical (unpaired) electrons. The van der Waals surface area contributed by atoms with Crippen LogP contribution >= 0.6 is 0 Å². The molecule has 3 aromatic rings. The summed E-state index contributed by atoms with van der Waals surface area (Å²) in [7, 11) is 0. The van der Waals surface area contributed by atoms with Crippen LogP contribution in [0.3, 0.4) is 0 Å². The van der Waals surface area contributed by atoms with Crippen molar-refractivity contribution in [2.24, 2.45) is 11.3 Å². The van der Waals surface area contributed by atoms with Crippen molar-refractivity contribution in [2.45, 2.75) is 41.5 Å². The molecule has 0 aliphatic rings. The van der Waals surface area contributed by atoms with E-state index in [1.165, 1.54) is 12.4 Å². The van der Waals surface area contributed by atoms with Gasteiger partial charge in [0, 0.05) is 29.3 Å². The molecule has 2 aromatic heterocycles. The quantitative estimate of drug-likeness (QED) is 0.187. The van der Waals surface area contributed by atoms with Crippen LogP contribution < -0.4 is 16.0 Å². The number of nitrogens with one attached hydrogen (secondary N) is 4. The average Bonchev–Trinajstić information content (AvgIpc) is 2.78. The van der Waals surface area contributed by atoms with Crippen LogP contribution in [0.2, 0.25) is 0 Å². The molecular weight excluding hydrogens is 444 g/mol. The second-order valence-electron chi connectivity index (χ2n) is 9.73. The topological polar surface area (TPSA) is 149 Å². The van der Waals surface area contributed by atoms with Crippen LogP contribution in [-0.4, -0.2) is 43.3 Å². The van der Waals surface area contributed by atoms with Gasteiger partial charge in [-0.2, -0.15) is 0 Å². The number of aromatic nitrogens is 4. The van der Waals surface area contributed by atoms with Crippen LogP contribution in [-0.2, 0) is 0 Å². The van der Waals surface area contributed by atoms with E-state index in [2.05, 4.69) is 49.7 Å². The lowest BCUT2D eigenvalue weighted by Crippen LogP contribution is -2.29. The molecule has 0 spiro atoms. The number of aryl methyl sites for hydroxylation is 1. The number of nitrogens with zero attached hydrogens (tertiary/aromatic N) is 4. The van der Waals surface area contributed by atoms with Gasteiger partial charge in [-0.1, -0.05) is 40.7 Å². The maximum atomic E-state index is 12.7. The Morgan fingerprint density at radius 2 is 1.94 bits per heavy atom. The molecule has 0 saturated carbocycles. The van der Waals surface area contributed by atoms with Gasteiger partial charge in [0.25, 0.3) is 5.91 Å². The average molecular weight is 477 g/mol. The van der Waals surface area contributed by atoms with Gasteiger partial charge in [0.1, 0.15) is 29.0 Å². The predicted molar refractivity (Wildman–Crippen MR) is 138 cm³/mol. The van der Waals surface area contributed by atoms with Crippen molar-refractivity contribution in [3.63, 3.8) is 0 Å². The zero-order valence-electron chi connectivity index (χ0n) is 20.9. The summed E-state index contributed by atoms with van der Waals surface area (Å²) in [6, 6.07) is 5.15. The summed E-state index contributed by atoms with van der Waals surface area (Å²) in [6.07, 6.45) is 4.31. The van der Waals surface area contributed by atoms with Crippen LogP contribution in [0.25, 0.3) is 11.0 Å². The molecule has 2 heterocycles. The Bertz CT molecular complexity index is 1280. The van der Waals surface area contributed by atoms with Crippen LogP contribution in [0.5, 0.6) is 0 Å². The molecular formula is C25H32N8O2. The summed E-state index contributed by atoms with van der Waals surface area (Å²) in [6.45, 7) is 12.3. The predicted octanol–water partition coefficient (Wildman–Crippen LogP) is 4.73. The lowest BCUT2D eigenvalue weighted by Gasteiger charge is -2.17. The summed E-state index contributed by atoms with van der Waals surface area (Å²) in [5, 5.41) is 27.0. The number of rotatable bonds is 7. The molecule has 0 fully saturated rings. The van der Waals surface area contributed by atoms with E-state index in [4.69, 9.17) is 5.41 Å². The number of aliphatic hydroxyl groups is 1. The minimum Gasteiger partial charge on any atom is -0.512 e. The molecule has 1 aromatic carbocycles. The summed E-state index contributed by atoms with van der Waals surface area (Å²) in [5.41, 5.74) is 2.51. The Balaban J connectivity index is 1.85. The standard InChI is InChI=1S/C25H32N8O2/c1-14(2)11-27-24-28-12-18-21(33-24)22(30-13-29-18)31-17-9-16(8-7-15(17)3)23(35)32-20(26)10-19(34)25(4,5)6/h7-10,12-14,34H,11H2,1-6H3,(H2,26,32,35)(H,27,28,33)(H,29,30,31)/b19-10-. The molecule has 1 amide bonds. The molecule has 35 heavy (non-hydrogen) atoms. The fourth-order valence-electron chi connectivity index (χ4n) is 2.94. The number of carbonyl (C=O) groups excluding carboxylic acids is 1. The first kappa shape index (κ1) is 25.5. The molecule has 184 valence electrons. The number of amides is 1. The van der Waals surface area contributed by atoms with E-state index >= 15 is 0 Å². The molecule has 10 nitrogen and oxygen atoms in total. The van der Waals surface area contributed by atoms with Gasteiger partial charge in [-0.25, -0.2) is 19.9 Å². The Morgan fingerprint density at radius 3 is 2.63 bits per heavy atom. The number of allylic oxidation sites excluding steroid dienone is 1. The lowest BCUT2D eigenvalue weighted by atomic mass is 9.93. The fraction of sp³-hybridized carbons (Fsp3) is 0.360. The number of carbonyl (C=O) groups is 1. The molecule has 0 atom stereocenters. The second-order valence-corrected chi connectivity index (χ2v) is 9.73. The van der Waals surface area contributed by atoms with Gasteiger partial charge in [0.05, 0.1) is 6.20 Å². The molecule has 5 N–H and O–H groups in total. The Hall–Kier alpha value is -4.08. The van der Waals surface area contributed by atoms with E-state index in [1.807, 2.05) is 27.7 Å². The van der Waals surface area contributed by atoms with Gasteiger partial charge in [0.15, 0.2) is 5.82 Å². The Morgan fingerprint density at radius 1 is 1.20 bits per heavy atom. The number of aliphatic hydroxyl groups excluding tert-OH is 1. The summed E-state index contributed by atoms with van der Waals surface area (Å²) >= 11 is 0. The highest BCUT2D eigenvalue weighted by molar-refractivity contribution is 6.09. The minimum atomic E-state index is -0.522. The Labute approximate surface area is 204 Å². The highest BCUT2D eigenvalue weighted by Crippen LogP contribution is 2.25. The molecule has 0 aliphatic carbocycles. The maximum absolute atomic E-state index is 12.7. The van der Waals surface area contributed by atoms with Crippen molar-refractivity contribution in [1.29, 1.82) is 5.41 Å². The normalized spacial score (nSPS) is 12.0. The first-order valence-electron chi connectivity index (χ1n) is 11.3. The molecule has 0 unspecified atom stereocenters. The number of hydrogen-bond acceptors (Lipinski definition) is 9. The summed E-state index contributed by atoms with van der Waals surface area (Å²) in [4.78, 5) is 30.2. The molecule has 10 heteroatoms. The number of amidine groups is 1. The zero-order valence-corrected chi connectivity index (χ0v) is 20.9. The molecule has 0 saturated heterocycles. The van der Waals surface area contributed by atoms with Crippen molar-refractivity contribution >= 4 is 40.2 Å². The number of fused-ring (bicyclic) bond motifs is 1. The largest absolute Gasteiger partial charge is 0.512 e. The Kier molecular flexibility index (Phi) is 7.63. The third-order valence-corrected chi connectivity index (χ3v) is 5.10. The summed E-state index contributed by atoms with van der Waals surface area (Å²) in [5.74, 6) is 0.748. The molecule has 0 aliphatic heterocycles. The SMILES string of the molecule is Cc1ccc(C(=O)NC(=N)/C=C(\O)C(C)(C)C)cc1Nc1ncnc2cnc(NCC(C)C)nc12. The van der Waals surface area contributed by atoms with E-state index in [0.717, 1.165) is 12.1 Å². The first-order valence-corrected chi connectivity index (χ1v) is 11.3. The van der Waals surface area contributed by atoms with Gasteiger partial charge in [-0.15, -0.1) is 0 Å². The van der Waals surface area contributed by atoms with E-state index < -0.39 is 11.3 Å². The number of hydrogen-bond donors (Lipinski definition) is 5. The fourth-order valence-corrected chi connectivity index (χ4v) is 2.94. The van der Waals surface area contributed by atoms with Crippen molar-refractivity contribution < 1.29 is 9.90 Å². The van der Waals surface area contributed by atoms with Gasteiger partial charge in [-0.3, -0.25) is 10.2 Å². The van der Waals surface area contributed by atoms with Crippen LogP contribution in [0.15, 0.2) is 42.6 Å². The lowest BCUT2D eigenvalue weighted by molar-refractivity contribution is 0.0977. The zero-order chi connectivity index (χ0) is 25.8. The van der Waals surface area contributed by atoms with Crippen LogP contribution in [0.4, 0.5) is 17.5 Å². The highest BCUT2D eigenvalue weighted by Gasteiger charge is 2.18. The monoisotopic (exact) mass is 476 g/mol. The van der Waals surface area contributed by atoms with E-state index in [0.29, 0.717) is 40.0 Å². The van der Waals surface area contributed by atoms with Gasteiger partial charge >= 0.3 is 0 Å². The molecule has 0 bridgehead atoms. The van der Waals surface area contributed by atoms with Crippen molar-refractivity contribution in [1.82, 2.24) is 25.3 Å². The third kappa shape index (κ3) is 6.72. The minimum absolute atomic E-state index is 0.00828. The highest BCUT2D eigenvalue weighted by atomic mass is 16.3. The smallest absolute Gasteiger partial charge is 0.256 e. The van der Waals surface area contributed by atoms with Gasteiger partial charge in [-0.05, 0) is 30.5 Å². The van der Waals surface area contributed by atoms with Gasteiger partial charge < -0.3 is 21.1 Å². The van der Waals surface area contributed by atoms with E-state index in [-0.39, 0.29) is 11.6 Å². The third-order valence-electron chi connectivity index (χ3n) is 5.10. The number of benzene rings is 1. The first-order chi connectivity index (χ1) is 16.4. The number of anilines is 3. The molecule has 3 rings (SSSR count). The van der Waals surface area contributed by atoms with Crippen molar-refractivity contribution in [2.75, 3.05) is 17.2 Å². The van der Waals surface area contributed by atoms with Crippen molar-refractivity contribution in [3.05, 3.63) is 53.7 Å². The van der Waals surface area contributed by atoms with Crippen LogP contribution in [0.1, 0.15) is 50.5 Å². The van der Waals surface area contributed by atoms with E-state index in [9.17, 15) is 9.90 Å². The van der Waals surface area contributed by atoms with E-state index in [1.54, 1.807) is 24.4 Å². The second kappa shape index (κ2) is 10.5. The van der Waals surface area contributed by atoms with Gasteiger partial charge in [0.2, 0.25) is 5.95 Å². The van der Waals surface area contributed by atoms with Crippen LogP contribution in [0, 0.1) is 23.7 Å². The van der Waals surface area contributed by atoms with Crippen molar-refractivity contribution in [3.8, 4) is 0 Å². The maximum Gasteiger partial charge on any atom is 0.256 e. The summed E-state index contributed by atoms with van der Waals surface area (Å²) < 4.78 is 0.